The summed E-state index contributed by atoms with van der Waals surface area (Å²) < 4.78 is 27.0. The van der Waals surface area contributed by atoms with E-state index in [1.54, 1.807) is 4.31 Å². The smallest absolute Gasteiger partial charge is 0.207 e. The maximum absolute atomic E-state index is 12.7. The number of nitrogens with zero attached hydrogens (tertiary/aromatic N) is 2. The lowest BCUT2D eigenvalue weighted by Gasteiger charge is -2.27. The van der Waals surface area contributed by atoms with Crippen molar-refractivity contribution >= 4 is 21.6 Å². The summed E-state index contributed by atoms with van der Waals surface area (Å²) in [4.78, 5) is 0.0886. The van der Waals surface area contributed by atoms with Crippen molar-refractivity contribution in [3.05, 3.63) is 28.8 Å². The van der Waals surface area contributed by atoms with Crippen molar-refractivity contribution in [3.8, 4) is 6.07 Å². The Hall–Kier alpha value is -1.09. The van der Waals surface area contributed by atoms with Crippen LogP contribution in [-0.2, 0) is 10.0 Å². The molecule has 1 aliphatic rings. The lowest BCUT2D eigenvalue weighted by molar-refractivity contribution is 0.316. The summed E-state index contributed by atoms with van der Waals surface area (Å²) in [6.07, 6.45) is 1.75. The molecule has 0 aromatic heterocycles. The van der Waals surface area contributed by atoms with E-state index in [9.17, 15) is 8.42 Å². The van der Waals surface area contributed by atoms with Crippen molar-refractivity contribution in [2.45, 2.75) is 37.6 Å². The summed E-state index contributed by atoms with van der Waals surface area (Å²) in [5, 5.41) is 8.92. The SMILES string of the molecule is CC(C)C1CCCN1S(=O)(=O)c1ccc(C#N)cc1Cl. The van der Waals surface area contributed by atoms with Gasteiger partial charge in [0.2, 0.25) is 10.0 Å². The predicted octanol–water partition coefficient (Wildman–Crippen LogP) is 3.02. The highest BCUT2D eigenvalue weighted by Crippen LogP contribution is 2.33. The zero-order valence-electron chi connectivity index (χ0n) is 11.5. The second-order valence-corrected chi connectivity index (χ2v) is 7.59. The Balaban J connectivity index is 2.43. The van der Waals surface area contributed by atoms with E-state index in [0.717, 1.165) is 12.8 Å². The lowest BCUT2D eigenvalue weighted by Crippen LogP contribution is -2.38. The molecular weight excluding hydrogens is 296 g/mol. The molecule has 0 N–H and O–H groups in total. The average Bonchev–Trinajstić information content (AvgIpc) is 2.88. The van der Waals surface area contributed by atoms with Crippen LogP contribution in [0.15, 0.2) is 23.1 Å². The summed E-state index contributed by atoms with van der Waals surface area (Å²) in [5.74, 6) is 0.268. The Labute approximate surface area is 125 Å². The van der Waals surface area contributed by atoms with Crippen LogP contribution >= 0.6 is 11.6 Å². The molecule has 2 rings (SSSR count). The van der Waals surface area contributed by atoms with E-state index in [0.29, 0.717) is 12.1 Å². The zero-order valence-corrected chi connectivity index (χ0v) is 13.1. The molecular formula is C14H17ClN2O2S. The number of halogens is 1. The number of benzene rings is 1. The van der Waals surface area contributed by atoms with E-state index in [2.05, 4.69) is 0 Å². The third kappa shape index (κ3) is 2.69. The van der Waals surface area contributed by atoms with Gasteiger partial charge in [0, 0.05) is 12.6 Å². The van der Waals surface area contributed by atoms with E-state index in [1.165, 1.54) is 18.2 Å². The molecule has 20 heavy (non-hydrogen) atoms. The van der Waals surface area contributed by atoms with E-state index in [-0.39, 0.29) is 21.9 Å². The first-order valence-electron chi connectivity index (χ1n) is 6.59. The standard InChI is InChI=1S/C14H17ClN2O2S/c1-10(2)13-4-3-7-17(13)20(18,19)14-6-5-11(9-16)8-12(14)15/h5-6,8,10,13H,3-4,7H2,1-2H3. The summed E-state index contributed by atoms with van der Waals surface area (Å²) >= 11 is 6.04. The highest BCUT2D eigenvalue weighted by molar-refractivity contribution is 7.89. The van der Waals surface area contributed by atoms with Gasteiger partial charge in [-0.05, 0) is 37.0 Å². The molecule has 108 valence electrons. The van der Waals surface area contributed by atoms with Gasteiger partial charge in [0.25, 0.3) is 0 Å². The molecule has 1 fully saturated rings. The first-order valence-corrected chi connectivity index (χ1v) is 8.41. The van der Waals surface area contributed by atoms with Crippen LogP contribution < -0.4 is 0 Å². The molecule has 1 saturated heterocycles. The number of hydrogen-bond acceptors (Lipinski definition) is 3. The quantitative estimate of drug-likeness (QED) is 0.862. The van der Waals surface area contributed by atoms with Crippen LogP contribution in [0.4, 0.5) is 0 Å². The van der Waals surface area contributed by atoms with Gasteiger partial charge in [-0.15, -0.1) is 0 Å². The molecule has 0 bridgehead atoms. The second kappa shape index (κ2) is 5.72. The van der Waals surface area contributed by atoms with Gasteiger partial charge in [0.1, 0.15) is 4.90 Å². The molecule has 1 atom stereocenters. The van der Waals surface area contributed by atoms with Crippen LogP contribution in [0.5, 0.6) is 0 Å². The fourth-order valence-corrected chi connectivity index (χ4v) is 4.98. The molecule has 0 radical (unpaired) electrons. The zero-order chi connectivity index (χ0) is 14.9. The Morgan fingerprint density at radius 1 is 1.45 bits per heavy atom. The number of nitriles is 1. The summed E-state index contributed by atoms with van der Waals surface area (Å²) in [5.41, 5.74) is 0.357. The predicted molar refractivity (Wildman–Crippen MR) is 77.9 cm³/mol. The normalized spacial score (nSPS) is 20.2. The van der Waals surface area contributed by atoms with Crippen LogP contribution in [0.2, 0.25) is 5.02 Å². The Kier molecular flexibility index (Phi) is 4.38. The lowest BCUT2D eigenvalue weighted by atomic mass is 10.0. The topological polar surface area (TPSA) is 61.2 Å². The van der Waals surface area contributed by atoms with E-state index < -0.39 is 10.0 Å². The van der Waals surface area contributed by atoms with Gasteiger partial charge in [0.15, 0.2) is 0 Å². The van der Waals surface area contributed by atoms with Crippen LogP contribution in [0.1, 0.15) is 32.3 Å². The van der Waals surface area contributed by atoms with Gasteiger partial charge in [-0.3, -0.25) is 0 Å². The largest absolute Gasteiger partial charge is 0.244 e. The fraction of sp³-hybridized carbons (Fsp3) is 0.500. The van der Waals surface area contributed by atoms with Crippen LogP contribution in [0.3, 0.4) is 0 Å². The highest BCUT2D eigenvalue weighted by atomic mass is 35.5. The minimum atomic E-state index is -3.60. The van der Waals surface area contributed by atoms with Crippen LogP contribution in [-0.4, -0.2) is 25.3 Å². The fourth-order valence-electron chi connectivity index (χ4n) is 2.64. The van der Waals surface area contributed by atoms with Gasteiger partial charge in [-0.1, -0.05) is 25.4 Å². The van der Waals surface area contributed by atoms with Crippen LogP contribution in [0, 0.1) is 17.2 Å². The van der Waals surface area contributed by atoms with Crippen molar-refractivity contribution < 1.29 is 8.42 Å². The van der Waals surface area contributed by atoms with Crippen molar-refractivity contribution in [1.29, 1.82) is 5.26 Å². The van der Waals surface area contributed by atoms with Gasteiger partial charge in [0.05, 0.1) is 16.7 Å². The van der Waals surface area contributed by atoms with Crippen molar-refractivity contribution in [2.24, 2.45) is 5.92 Å². The highest BCUT2D eigenvalue weighted by Gasteiger charge is 2.37. The van der Waals surface area contributed by atoms with Crippen molar-refractivity contribution in [3.63, 3.8) is 0 Å². The van der Waals surface area contributed by atoms with Crippen molar-refractivity contribution in [1.82, 2.24) is 4.31 Å². The molecule has 1 aromatic carbocycles. The molecule has 1 heterocycles. The minimum absolute atomic E-state index is 0.0201. The molecule has 0 aliphatic carbocycles. The van der Waals surface area contributed by atoms with Crippen molar-refractivity contribution in [2.75, 3.05) is 6.54 Å². The number of sulfonamides is 1. The average molecular weight is 313 g/mol. The maximum atomic E-state index is 12.7. The molecule has 0 amide bonds. The van der Waals surface area contributed by atoms with E-state index in [4.69, 9.17) is 16.9 Å². The molecule has 0 spiro atoms. The third-order valence-corrected chi connectivity index (χ3v) is 6.07. The molecule has 1 unspecified atom stereocenters. The maximum Gasteiger partial charge on any atom is 0.244 e. The Morgan fingerprint density at radius 3 is 2.70 bits per heavy atom. The Bertz CT molecular complexity index is 650. The molecule has 0 saturated carbocycles. The first-order chi connectivity index (χ1) is 9.37. The Morgan fingerprint density at radius 2 is 2.15 bits per heavy atom. The minimum Gasteiger partial charge on any atom is -0.207 e. The molecule has 1 aromatic rings. The van der Waals surface area contributed by atoms with Gasteiger partial charge in [-0.2, -0.15) is 9.57 Å². The number of rotatable bonds is 3. The summed E-state index contributed by atoms with van der Waals surface area (Å²) in [6, 6.07) is 6.28. The van der Waals surface area contributed by atoms with Gasteiger partial charge in [-0.25, -0.2) is 8.42 Å². The summed E-state index contributed by atoms with van der Waals surface area (Å²) in [6.45, 7) is 4.58. The van der Waals surface area contributed by atoms with Gasteiger partial charge < -0.3 is 0 Å². The first kappa shape index (κ1) is 15.3. The molecule has 6 heteroatoms. The molecule has 4 nitrogen and oxygen atoms in total. The summed E-state index contributed by atoms with van der Waals surface area (Å²) in [7, 11) is -3.60. The second-order valence-electron chi connectivity index (χ2n) is 5.33. The monoisotopic (exact) mass is 312 g/mol. The number of hydrogen-bond donors (Lipinski definition) is 0. The van der Waals surface area contributed by atoms with E-state index >= 15 is 0 Å². The van der Waals surface area contributed by atoms with Gasteiger partial charge >= 0.3 is 0 Å². The molecule has 1 aliphatic heterocycles. The van der Waals surface area contributed by atoms with Crippen LogP contribution in [0.25, 0.3) is 0 Å². The van der Waals surface area contributed by atoms with E-state index in [1.807, 2.05) is 19.9 Å². The third-order valence-electron chi connectivity index (χ3n) is 3.67.